The highest BCUT2D eigenvalue weighted by Crippen LogP contribution is 2.12. The Morgan fingerprint density at radius 1 is 1.09 bits per heavy atom. The topological polar surface area (TPSA) is 15.3 Å². The Morgan fingerprint density at radius 2 is 1.55 bits per heavy atom. The highest BCUT2D eigenvalue weighted by atomic mass is 35.5. The fraction of sp³-hybridized carbons (Fsp3) is 1.00. The molecule has 11 heavy (non-hydrogen) atoms. The van der Waals surface area contributed by atoms with E-state index in [1.165, 1.54) is 13.1 Å². The molecular formula is C8H19ClN2. The van der Waals surface area contributed by atoms with Gasteiger partial charge in [0.2, 0.25) is 0 Å². The Labute approximate surface area is 75.8 Å². The number of nitrogens with zero attached hydrogens (tertiary/aromatic N) is 1. The summed E-state index contributed by atoms with van der Waals surface area (Å²) in [6.45, 7) is 11.5. The zero-order valence-electron chi connectivity index (χ0n) is 7.68. The van der Waals surface area contributed by atoms with E-state index in [2.05, 4.69) is 31.0 Å². The van der Waals surface area contributed by atoms with Gasteiger partial charge in [-0.1, -0.05) is 0 Å². The Bertz CT molecular complexity index is 103. The summed E-state index contributed by atoms with van der Waals surface area (Å²) < 4.78 is 0. The van der Waals surface area contributed by atoms with Crippen LogP contribution in [0.1, 0.15) is 20.8 Å². The van der Waals surface area contributed by atoms with E-state index in [9.17, 15) is 0 Å². The fourth-order valence-corrected chi connectivity index (χ4v) is 1.34. The molecule has 0 aromatic rings. The minimum Gasteiger partial charge on any atom is -0.314 e. The molecule has 1 aliphatic heterocycles. The van der Waals surface area contributed by atoms with Gasteiger partial charge in [0, 0.05) is 31.7 Å². The molecule has 0 amide bonds. The van der Waals surface area contributed by atoms with E-state index >= 15 is 0 Å². The second-order valence-electron chi connectivity index (χ2n) is 3.91. The average Bonchev–Trinajstić information content (AvgIpc) is 1.88. The molecule has 0 atom stereocenters. The standard InChI is InChI=1S/C8H18N2.ClH/c1-8(2,3)10-6-4-9-5-7-10;/h9H,4-7H2,1-3H3;1H. The van der Waals surface area contributed by atoms with Crippen LogP contribution >= 0.6 is 12.4 Å². The third-order valence-corrected chi connectivity index (χ3v) is 2.07. The summed E-state index contributed by atoms with van der Waals surface area (Å²) in [7, 11) is 0. The van der Waals surface area contributed by atoms with Crippen molar-refractivity contribution >= 4 is 12.4 Å². The first kappa shape index (κ1) is 11.2. The molecule has 0 radical (unpaired) electrons. The van der Waals surface area contributed by atoms with Crippen molar-refractivity contribution in [2.24, 2.45) is 0 Å². The smallest absolute Gasteiger partial charge is 0.0126 e. The molecule has 1 saturated heterocycles. The first-order valence-corrected chi connectivity index (χ1v) is 4.06. The second-order valence-corrected chi connectivity index (χ2v) is 3.91. The highest BCUT2D eigenvalue weighted by Gasteiger charge is 2.21. The van der Waals surface area contributed by atoms with Crippen LogP contribution < -0.4 is 5.32 Å². The summed E-state index contributed by atoms with van der Waals surface area (Å²) in [5, 5.41) is 3.35. The molecule has 1 fully saturated rings. The van der Waals surface area contributed by atoms with E-state index < -0.39 is 0 Å². The molecule has 2 nitrogen and oxygen atoms in total. The third-order valence-electron chi connectivity index (χ3n) is 2.07. The maximum Gasteiger partial charge on any atom is 0.0126 e. The van der Waals surface area contributed by atoms with Crippen molar-refractivity contribution in [1.29, 1.82) is 0 Å². The summed E-state index contributed by atoms with van der Waals surface area (Å²) in [5.74, 6) is 0. The third kappa shape index (κ3) is 3.41. The molecule has 1 rings (SSSR count). The van der Waals surface area contributed by atoms with Crippen molar-refractivity contribution in [1.82, 2.24) is 10.2 Å². The Kier molecular flexibility index (Phi) is 4.37. The summed E-state index contributed by atoms with van der Waals surface area (Å²) in [5.41, 5.74) is 0.363. The Hall–Kier alpha value is 0.210. The van der Waals surface area contributed by atoms with E-state index in [0.29, 0.717) is 5.54 Å². The van der Waals surface area contributed by atoms with Crippen molar-refractivity contribution in [2.45, 2.75) is 26.3 Å². The average molecular weight is 179 g/mol. The van der Waals surface area contributed by atoms with E-state index in [0.717, 1.165) is 13.1 Å². The van der Waals surface area contributed by atoms with Crippen molar-refractivity contribution < 1.29 is 0 Å². The number of rotatable bonds is 0. The van der Waals surface area contributed by atoms with Crippen LogP contribution in [0.25, 0.3) is 0 Å². The molecule has 0 aromatic heterocycles. The molecule has 0 saturated carbocycles. The van der Waals surface area contributed by atoms with Gasteiger partial charge in [0.15, 0.2) is 0 Å². The number of piperazine rings is 1. The molecular weight excluding hydrogens is 160 g/mol. The first-order valence-electron chi connectivity index (χ1n) is 4.06. The monoisotopic (exact) mass is 178 g/mol. The fourth-order valence-electron chi connectivity index (χ4n) is 1.34. The molecule has 1 heterocycles. The van der Waals surface area contributed by atoms with Gasteiger partial charge in [0.25, 0.3) is 0 Å². The molecule has 1 aliphatic rings. The SMILES string of the molecule is CC(C)(C)N1CCNCC1.Cl. The summed E-state index contributed by atoms with van der Waals surface area (Å²) in [4.78, 5) is 2.52. The molecule has 3 heteroatoms. The van der Waals surface area contributed by atoms with Gasteiger partial charge < -0.3 is 5.32 Å². The summed E-state index contributed by atoms with van der Waals surface area (Å²) in [6.07, 6.45) is 0. The molecule has 68 valence electrons. The molecule has 1 N–H and O–H groups in total. The minimum atomic E-state index is 0. The number of nitrogens with one attached hydrogen (secondary N) is 1. The summed E-state index contributed by atoms with van der Waals surface area (Å²) in [6, 6.07) is 0. The summed E-state index contributed by atoms with van der Waals surface area (Å²) >= 11 is 0. The van der Waals surface area contributed by atoms with Crippen LogP contribution in [0.5, 0.6) is 0 Å². The molecule has 0 aliphatic carbocycles. The number of hydrogen-bond donors (Lipinski definition) is 1. The number of halogens is 1. The van der Waals surface area contributed by atoms with Gasteiger partial charge in [0.05, 0.1) is 0 Å². The lowest BCUT2D eigenvalue weighted by Crippen LogP contribution is -2.51. The van der Waals surface area contributed by atoms with E-state index in [-0.39, 0.29) is 12.4 Å². The zero-order chi connectivity index (χ0) is 7.61. The van der Waals surface area contributed by atoms with Crippen LogP contribution in [-0.4, -0.2) is 36.6 Å². The molecule has 0 unspecified atom stereocenters. The largest absolute Gasteiger partial charge is 0.314 e. The molecule has 0 bridgehead atoms. The van der Waals surface area contributed by atoms with Crippen LogP contribution in [0, 0.1) is 0 Å². The second kappa shape index (κ2) is 4.29. The number of hydrogen-bond acceptors (Lipinski definition) is 2. The first-order chi connectivity index (χ1) is 4.61. The lowest BCUT2D eigenvalue weighted by molar-refractivity contribution is 0.119. The van der Waals surface area contributed by atoms with Gasteiger partial charge in [-0.15, -0.1) is 12.4 Å². The van der Waals surface area contributed by atoms with Crippen LogP contribution in [0.15, 0.2) is 0 Å². The predicted molar refractivity (Wildman–Crippen MR) is 51.4 cm³/mol. The molecule has 0 aromatic carbocycles. The van der Waals surface area contributed by atoms with Gasteiger partial charge in [-0.2, -0.15) is 0 Å². The van der Waals surface area contributed by atoms with Crippen LogP contribution in [0.3, 0.4) is 0 Å². The van der Waals surface area contributed by atoms with Crippen molar-refractivity contribution in [2.75, 3.05) is 26.2 Å². The normalized spacial score (nSPS) is 21.0. The maximum atomic E-state index is 3.35. The van der Waals surface area contributed by atoms with Crippen molar-refractivity contribution in [3.63, 3.8) is 0 Å². The molecule has 0 spiro atoms. The van der Waals surface area contributed by atoms with Gasteiger partial charge in [-0.05, 0) is 20.8 Å². The van der Waals surface area contributed by atoms with Gasteiger partial charge in [0.1, 0.15) is 0 Å². The minimum absolute atomic E-state index is 0. The van der Waals surface area contributed by atoms with Crippen LogP contribution in [-0.2, 0) is 0 Å². The zero-order valence-corrected chi connectivity index (χ0v) is 8.50. The van der Waals surface area contributed by atoms with Crippen LogP contribution in [0.2, 0.25) is 0 Å². The van der Waals surface area contributed by atoms with Crippen molar-refractivity contribution in [3.8, 4) is 0 Å². The van der Waals surface area contributed by atoms with Gasteiger partial charge >= 0.3 is 0 Å². The van der Waals surface area contributed by atoms with Crippen LogP contribution in [0.4, 0.5) is 0 Å². The Balaban J connectivity index is 0.000001000. The maximum absolute atomic E-state index is 3.35. The van der Waals surface area contributed by atoms with Gasteiger partial charge in [-0.3, -0.25) is 4.90 Å². The van der Waals surface area contributed by atoms with E-state index in [1.807, 2.05) is 0 Å². The predicted octanol–water partition coefficient (Wildman–Crippen LogP) is 1.11. The van der Waals surface area contributed by atoms with E-state index in [4.69, 9.17) is 0 Å². The lowest BCUT2D eigenvalue weighted by atomic mass is 10.1. The quantitative estimate of drug-likeness (QED) is 0.598. The van der Waals surface area contributed by atoms with Gasteiger partial charge in [-0.25, -0.2) is 0 Å². The lowest BCUT2D eigenvalue weighted by Gasteiger charge is -2.38. The highest BCUT2D eigenvalue weighted by molar-refractivity contribution is 5.85. The van der Waals surface area contributed by atoms with Crippen molar-refractivity contribution in [3.05, 3.63) is 0 Å². The van der Waals surface area contributed by atoms with E-state index in [1.54, 1.807) is 0 Å². The Morgan fingerprint density at radius 3 is 1.82 bits per heavy atom.